The summed E-state index contributed by atoms with van der Waals surface area (Å²) < 4.78 is 15.7. The highest BCUT2D eigenvalue weighted by Crippen LogP contribution is 2.22. The number of ketones is 1. The van der Waals surface area contributed by atoms with Crippen molar-refractivity contribution in [1.29, 1.82) is 0 Å². The predicted octanol–water partition coefficient (Wildman–Crippen LogP) is 3.41. The molecule has 0 unspecified atom stereocenters. The van der Waals surface area contributed by atoms with E-state index in [0.29, 0.717) is 37.3 Å². The standard InChI is InChI=1S/C23H25NO6/c1-28-19-10-12-20(13-11-19)29-15-3-5-23(27)30-16-21(25)17-6-8-18(9-7-17)24-14-2-4-22(24)26/h6-13H,2-5,14-16H2,1H3. The third kappa shape index (κ3) is 5.83. The van der Waals surface area contributed by atoms with Gasteiger partial charge in [-0.3, -0.25) is 14.4 Å². The highest BCUT2D eigenvalue weighted by atomic mass is 16.5. The Labute approximate surface area is 175 Å². The molecule has 3 rings (SSSR count). The van der Waals surface area contributed by atoms with Crippen LogP contribution in [0.4, 0.5) is 5.69 Å². The molecule has 7 nitrogen and oxygen atoms in total. The first kappa shape index (κ1) is 21.4. The lowest BCUT2D eigenvalue weighted by atomic mass is 10.1. The fourth-order valence-electron chi connectivity index (χ4n) is 3.13. The van der Waals surface area contributed by atoms with Gasteiger partial charge in [0.25, 0.3) is 0 Å². The van der Waals surface area contributed by atoms with Gasteiger partial charge in [-0.05, 0) is 61.4 Å². The van der Waals surface area contributed by atoms with E-state index in [1.54, 1.807) is 60.5 Å². The largest absolute Gasteiger partial charge is 0.497 e. The first-order chi connectivity index (χ1) is 14.6. The van der Waals surface area contributed by atoms with Gasteiger partial charge in [0.15, 0.2) is 12.4 Å². The maximum Gasteiger partial charge on any atom is 0.306 e. The highest BCUT2D eigenvalue weighted by Gasteiger charge is 2.21. The number of esters is 1. The zero-order chi connectivity index (χ0) is 21.3. The summed E-state index contributed by atoms with van der Waals surface area (Å²) in [6.45, 7) is 0.762. The molecule has 7 heteroatoms. The van der Waals surface area contributed by atoms with Crippen LogP contribution in [-0.2, 0) is 14.3 Å². The fourth-order valence-corrected chi connectivity index (χ4v) is 3.13. The molecule has 0 aromatic heterocycles. The maximum absolute atomic E-state index is 12.2. The minimum atomic E-state index is -0.444. The number of nitrogens with zero attached hydrogens (tertiary/aromatic N) is 1. The van der Waals surface area contributed by atoms with Crippen LogP contribution in [0, 0.1) is 0 Å². The summed E-state index contributed by atoms with van der Waals surface area (Å²) in [6.07, 6.45) is 2.05. The smallest absolute Gasteiger partial charge is 0.306 e. The zero-order valence-corrected chi connectivity index (χ0v) is 17.0. The molecule has 1 saturated heterocycles. The molecule has 0 N–H and O–H groups in total. The molecule has 0 bridgehead atoms. The molecule has 30 heavy (non-hydrogen) atoms. The first-order valence-electron chi connectivity index (χ1n) is 9.93. The van der Waals surface area contributed by atoms with Gasteiger partial charge >= 0.3 is 5.97 Å². The van der Waals surface area contributed by atoms with E-state index in [-0.39, 0.29) is 24.7 Å². The van der Waals surface area contributed by atoms with Gasteiger partial charge in [-0.15, -0.1) is 0 Å². The van der Waals surface area contributed by atoms with Crippen molar-refractivity contribution in [3.05, 3.63) is 54.1 Å². The van der Waals surface area contributed by atoms with E-state index in [1.807, 2.05) is 0 Å². The zero-order valence-electron chi connectivity index (χ0n) is 17.0. The molecular formula is C23H25NO6. The van der Waals surface area contributed by atoms with Crippen molar-refractivity contribution in [3.8, 4) is 11.5 Å². The number of carbonyl (C=O) groups excluding carboxylic acids is 3. The maximum atomic E-state index is 12.2. The number of amides is 1. The third-order valence-corrected chi connectivity index (χ3v) is 4.79. The van der Waals surface area contributed by atoms with Crippen LogP contribution in [0.3, 0.4) is 0 Å². The van der Waals surface area contributed by atoms with E-state index in [0.717, 1.165) is 17.9 Å². The van der Waals surface area contributed by atoms with Crippen LogP contribution in [0.1, 0.15) is 36.0 Å². The SMILES string of the molecule is COc1ccc(OCCCC(=O)OCC(=O)c2ccc(N3CCCC3=O)cc2)cc1. The number of carbonyl (C=O) groups is 3. The van der Waals surface area contributed by atoms with Crippen molar-refractivity contribution in [1.82, 2.24) is 0 Å². The van der Waals surface area contributed by atoms with Gasteiger partial charge in [-0.2, -0.15) is 0 Å². The molecule has 1 heterocycles. The predicted molar refractivity (Wildman–Crippen MR) is 111 cm³/mol. The molecule has 2 aromatic carbocycles. The molecule has 0 aliphatic carbocycles. The van der Waals surface area contributed by atoms with Gasteiger partial charge in [0.05, 0.1) is 13.7 Å². The van der Waals surface area contributed by atoms with E-state index in [1.165, 1.54) is 0 Å². The van der Waals surface area contributed by atoms with Gasteiger partial charge in [0.2, 0.25) is 5.91 Å². The van der Waals surface area contributed by atoms with Gasteiger partial charge in [0, 0.05) is 30.6 Å². The van der Waals surface area contributed by atoms with Crippen LogP contribution >= 0.6 is 0 Å². The Bertz CT molecular complexity index is 876. The minimum Gasteiger partial charge on any atom is -0.497 e. The fraction of sp³-hybridized carbons (Fsp3) is 0.348. The van der Waals surface area contributed by atoms with Gasteiger partial charge in [-0.25, -0.2) is 0 Å². The van der Waals surface area contributed by atoms with E-state index in [9.17, 15) is 14.4 Å². The number of hydrogen-bond donors (Lipinski definition) is 0. The molecular weight excluding hydrogens is 386 g/mol. The second kappa shape index (κ2) is 10.4. The van der Waals surface area contributed by atoms with Crippen LogP contribution < -0.4 is 14.4 Å². The molecule has 1 aliphatic rings. The number of rotatable bonds is 10. The summed E-state index contributed by atoms with van der Waals surface area (Å²) in [5.74, 6) is 0.810. The second-order valence-electron chi connectivity index (χ2n) is 6.91. The summed E-state index contributed by atoms with van der Waals surface area (Å²) in [6, 6.07) is 14.0. The number of methoxy groups -OCH3 is 1. The highest BCUT2D eigenvalue weighted by molar-refractivity contribution is 5.99. The molecule has 1 fully saturated rings. The van der Waals surface area contributed by atoms with Crippen LogP contribution in [-0.4, -0.2) is 44.5 Å². The Morgan fingerprint density at radius 3 is 2.33 bits per heavy atom. The lowest BCUT2D eigenvalue weighted by molar-refractivity contribution is -0.142. The van der Waals surface area contributed by atoms with Crippen LogP contribution in [0.25, 0.3) is 0 Å². The summed E-state index contributed by atoms with van der Waals surface area (Å²) in [5.41, 5.74) is 1.23. The number of Topliss-reactive ketones (excluding diaryl/α,β-unsaturated/α-hetero) is 1. The molecule has 0 radical (unpaired) electrons. The average Bonchev–Trinajstić information content (AvgIpc) is 3.21. The van der Waals surface area contributed by atoms with Crippen molar-refractivity contribution >= 4 is 23.3 Å². The topological polar surface area (TPSA) is 82.1 Å². The lowest BCUT2D eigenvalue weighted by Gasteiger charge is -2.15. The summed E-state index contributed by atoms with van der Waals surface area (Å²) >= 11 is 0. The minimum absolute atomic E-state index is 0.0963. The number of hydrogen-bond acceptors (Lipinski definition) is 6. The monoisotopic (exact) mass is 411 g/mol. The summed E-state index contributed by atoms with van der Waals surface area (Å²) in [7, 11) is 1.60. The molecule has 0 spiro atoms. The number of benzene rings is 2. The molecule has 1 aliphatic heterocycles. The van der Waals surface area contributed by atoms with Crippen LogP contribution in [0.5, 0.6) is 11.5 Å². The first-order valence-corrected chi connectivity index (χ1v) is 9.93. The van der Waals surface area contributed by atoms with Crippen molar-refractivity contribution in [2.24, 2.45) is 0 Å². The normalized spacial score (nSPS) is 13.2. The Hall–Kier alpha value is -3.35. The van der Waals surface area contributed by atoms with Crippen molar-refractivity contribution in [2.75, 3.05) is 31.8 Å². The summed E-state index contributed by atoms with van der Waals surface area (Å²) in [4.78, 5) is 37.6. The molecule has 158 valence electrons. The van der Waals surface area contributed by atoms with E-state index >= 15 is 0 Å². The summed E-state index contributed by atoms with van der Waals surface area (Å²) in [5, 5.41) is 0. The Morgan fingerprint density at radius 2 is 1.70 bits per heavy atom. The quantitative estimate of drug-likeness (QED) is 0.339. The van der Waals surface area contributed by atoms with Gasteiger partial charge < -0.3 is 19.1 Å². The number of ether oxygens (including phenoxy) is 3. The Morgan fingerprint density at radius 1 is 1.00 bits per heavy atom. The van der Waals surface area contributed by atoms with Crippen molar-refractivity contribution in [2.45, 2.75) is 25.7 Å². The Kier molecular flexibility index (Phi) is 7.43. The third-order valence-electron chi connectivity index (χ3n) is 4.79. The van der Waals surface area contributed by atoms with E-state index in [4.69, 9.17) is 14.2 Å². The van der Waals surface area contributed by atoms with E-state index < -0.39 is 5.97 Å². The van der Waals surface area contributed by atoms with Gasteiger partial charge in [0.1, 0.15) is 11.5 Å². The Balaban J connectivity index is 1.35. The average molecular weight is 411 g/mol. The molecule has 1 amide bonds. The van der Waals surface area contributed by atoms with E-state index in [2.05, 4.69) is 0 Å². The van der Waals surface area contributed by atoms with Gasteiger partial charge in [-0.1, -0.05) is 0 Å². The molecule has 2 aromatic rings. The molecule has 0 saturated carbocycles. The lowest BCUT2D eigenvalue weighted by Crippen LogP contribution is -2.23. The second-order valence-corrected chi connectivity index (χ2v) is 6.91. The molecule has 0 atom stereocenters. The number of anilines is 1. The van der Waals surface area contributed by atoms with Crippen molar-refractivity contribution < 1.29 is 28.6 Å². The van der Waals surface area contributed by atoms with Crippen LogP contribution in [0.2, 0.25) is 0 Å². The van der Waals surface area contributed by atoms with Crippen LogP contribution in [0.15, 0.2) is 48.5 Å². The van der Waals surface area contributed by atoms with Crippen molar-refractivity contribution in [3.63, 3.8) is 0 Å².